The van der Waals surface area contributed by atoms with Crippen LogP contribution in [0, 0.1) is 0 Å². The van der Waals surface area contributed by atoms with Crippen LogP contribution in [0.5, 0.6) is 0 Å². The van der Waals surface area contributed by atoms with Crippen LogP contribution in [0.2, 0.25) is 0 Å². The van der Waals surface area contributed by atoms with Crippen LogP contribution in [0.25, 0.3) is 0 Å². The SMILES string of the molecule is CN(C1CCC(OCCC(=O)NCCCO)CC1)S(=O)(=O)c1ccc(C(F)(F)F)cc1. The summed E-state index contributed by atoms with van der Waals surface area (Å²) in [5.41, 5.74) is -0.895. The summed E-state index contributed by atoms with van der Waals surface area (Å²) in [5.74, 6) is -0.149. The van der Waals surface area contributed by atoms with Crippen molar-refractivity contribution in [2.75, 3.05) is 26.8 Å². The van der Waals surface area contributed by atoms with E-state index in [0.29, 0.717) is 38.6 Å². The van der Waals surface area contributed by atoms with Gasteiger partial charge < -0.3 is 15.2 Å². The van der Waals surface area contributed by atoms with E-state index in [4.69, 9.17) is 9.84 Å². The van der Waals surface area contributed by atoms with Crippen molar-refractivity contribution in [3.05, 3.63) is 29.8 Å². The van der Waals surface area contributed by atoms with E-state index in [1.807, 2.05) is 0 Å². The van der Waals surface area contributed by atoms with Gasteiger partial charge in [-0.1, -0.05) is 0 Å². The molecule has 0 spiro atoms. The Morgan fingerprint density at radius 2 is 1.81 bits per heavy atom. The fraction of sp³-hybridized carbons (Fsp3) is 0.650. The number of carbonyl (C=O) groups is 1. The van der Waals surface area contributed by atoms with Crippen LogP contribution < -0.4 is 5.32 Å². The van der Waals surface area contributed by atoms with Gasteiger partial charge in [-0.05, 0) is 56.4 Å². The molecule has 1 aliphatic carbocycles. The number of hydrogen-bond acceptors (Lipinski definition) is 5. The first-order valence-corrected chi connectivity index (χ1v) is 11.6. The second-order valence-electron chi connectivity index (χ2n) is 7.52. The van der Waals surface area contributed by atoms with Crippen LogP contribution in [0.15, 0.2) is 29.2 Å². The van der Waals surface area contributed by atoms with E-state index in [-0.39, 0.29) is 42.6 Å². The molecular formula is C20H29F3N2O5S. The molecule has 1 aromatic carbocycles. The Bertz CT molecular complexity index is 807. The van der Waals surface area contributed by atoms with Gasteiger partial charge in [0.2, 0.25) is 15.9 Å². The van der Waals surface area contributed by atoms with Gasteiger partial charge in [-0.2, -0.15) is 17.5 Å². The third-order valence-corrected chi connectivity index (χ3v) is 7.28. The highest BCUT2D eigenvalue weighted by molar-refractivity contribution is 7.89. The first kappa shape index (κ1) is 25.6. The molecule has 0 unspecified atom stereocenters. The lowest BCUT2D eigenvalue weighted by Crippen LogP contribution is -2.40. The zero-order chi connectivity index (χ0) is 23.1. The Hall–Kier alpha value is -1.69. The number of alkyl halides is 3. The number of aliphatic hydroxyl groups is 1. The molecule has 176 valence electrons. The number of amides is 1. The summed E-state index contributed by atoms with van der Waals surface area (Å²) in [6.45, 7) is 0.698. The number of halogens is 3. The van der Waals surface area contributed by atoms with Crippen LogP contribution in [-0.4, -0.2) is 62.7 Å². The zero-order valence-electron chi connectivity index (χ0n) is 17.4. The molecule has 1 saturated carbocycles. The van der Waals surface area contributed by atoms with Crippen LogP contribution >= 0.6 is 0 Å². The van der Waals surface area contributed by atoms with Crippen molar-refractivity contribution in [1.29, 1.82) is 0 Å². The molecule has 1 aliphatic rings. The number of hydrogen-bond donors (Lipinski definition) is 2. The third-order valence-electron chi connectivity index (χ3n) is 5.36. The first-order valence-electron chi connectivity index (χ1n) is 10.2. The fourth-order valence-corrected chi connectivity index (χ4v) is 4.88. The van der Waals surface area contributed by atoms with Crippen LogP contribution in [0.4, 0.5) is 13.2 Å². The highest BCUT2D eigenvalue weighted by atomic mass is 32.2. The van der Waals surface area contributed by atoms with E-state index < -0.39 is 21.8 Å². The molecule has 0 atom stereocenters. The number of rotatable bonds is 10. The van der Waals surface area contributed by atoms with Crippen molar-refractivity contribution >= 4 is 15.9 Å². The molecule has 0 heterocycles. The third kappa shape index (κ3) is 7.44. The lowest BCUT2D eigenvalue weighted by atomic mass is 9.93. The summed E-state index contributed by atoms with van der Waals surface area (Å²) in [6, 6.07) is 3.23. The van der Waals surface area contributed by atoms with Crippen molar-refractivity contribution in [2.45, 2.75) is 61.7 Å². The molecule has 0 bridgehead atoms. The maximum atomic E-state index is 12.8. The molecule has 0 aliphatic heterocycles. The van der Waals surface area contributed by atoms with Gasteiger partial charge in [0.05, 0.1) is 23.2 Å². The number of nitrogens with zero attached hydrogens (tertiary/aromatic N) is 1. The van der Waals surface area contributed by atoms with Gasteiger partial charge >= 0.3 is 6.18 Å². The molecule has 31 heavy (non-hydrogen) atoms. The van der Waals surface area contributed by atoms with E-state index in [1.165, 1.54) is 11.4 Å². The van der Waals surface area contributed by atoms with Gasteiger partial charge in [0, 0.05) is 32.7 Å². The topological polar surface area (TPSA) is 95.9 Å². The van der Waals surface area contributed by atoms with E-state index in [0.717, 1.165) is 24.3 Å². The molecule has 0 saturated heterocycles. The first-order chi connectivity index (χ1) is 14.6. The summed E-state index contributed by atoms with van der Waals surface area (Å²) in [7, 11) is -2.46. The van der Waals surface area contributed by atoms with E-state index in [2.05, 4.69) is 5.32 Å². The number of carbonyl (C=O) groups excluding carboxylic acids is 1. The predicted molar refractivity (Wildman–Crippen MR) is 108 cm³/mol. The average Bonchev–Trinajstić information content (AvgIpc) is 2.73. The van der Waals surface area contributed by atoms with Gasteiger partial charge in [-0.25, -0.2) is 8.42 Å². The molecule has 0 aromatic heterocycles. The lowest BCUT2D eigenvalue weighted by Gasteiger charge is -2.34. The summed E-state index contributed by atoms with van der Waals surface area (Å²) in [4.78, 5) is 11.4. The van der Waals surface area contributed by atoms with Gasteiger partial charge in [0.25, 0.3) is 0 Å². The Balaban J connectivity index is 1.81. The molecule has 1 fully saturated rings. The molecule has 1 aromatic rings. The van der Waals surface area contributed by atoms with Gasteiger partial charge in [0.1, 0.15) is 0 Å². The Morgan fingerprint density at radius 3 is 2.35 bits per heavy atom. The lowest BCUT2D eigenvalue weighted by molar-refractivity contribution is -0.137. The minimum absolute atomic E-state index is 0.0169. The minimum atomic E-state index is -4.52. The zero-order valence-corrected chi connectivity index (χ0v) is 18.2. The Labute approximate surface area is 180 Å². The molecular weight excluding hydrogens is 437 g/mol. The summed E-state index contributed by atoms with van der Waals surface area (Å²) < 4.78 is 70.6. The van der Waals surface area contributed by atoms with Gasteiger partial charge in [0.15, 0.2) is 0 Å². The van der Waals surface area contributed by atoms with Crippen LogP contribution in [0.1, 0.15) is 44.1 Å². The van der Waals surface area contributed by atoms with Crippen LogP contribution in [-0.2, 0) is 25.7 Å². The minimum Gasteiger partial charge on any atom is -0.396 e. The largest absolute Gasteiger partial charge is 0.416 e. The Morgan fingerprint density at radius 1 is 1.19 bits per heavy atom. The highest BCUT2D eigenvalue weighted by Crippen LogP contribution is 2.32. The van der Waals surface area contributed by atoms with Crippen molar-refractivity contribution < 1.29 is 36.2 Å². The second-order valence-corrected chi connectivity index (χ2v) is 9.52. The Kier molecular flexibility index (Phi) is 9.28. The maximum Gasteiger partial charge on any atom is 0.416 e. The predicted octanol–water partition coefficient (Wildman–Crippen LogP) is 2.54. The molecule has 1 amide bonds. The number of ether oxygens (including phenoxy) is 1. The number of benzene rings is 1. The van der Waals surface area contributed by atoms with Crippen molar-refractivity contribution in [3.8, 4) is 0 Å². The molecule has 0 radical (unpaired) electrons. The highest BCUT2D eigenvalue weighted by Gasteiger charge is 2.34. The normalized spacial score (nSPS) is 20.1. The van der Waals surface area contributed by atoms with Crippen molar-refractivity contribution in [2.24, 2.45) is 0 Å². The second kappa shape index (κ2) is 11.3. The van der Waals surface area contributed by atoms with Gasteiger partial charge in [-0.3, -0.25) is 4.79 Å². The van der Waals surface area contributed by atoms with Crippen LogP contribution in [0.3, 0.4) is 0 Å². The monoisotopic (exact) mass is 466 g/mol. The smallest absolute Gasteiger partial charge is 0.396 e. The molecule has 2 N–H and O–H groups in total. The number of aliphatic hydroxyl groups excluding tert-OH is 1. The summed E-state index contributed by atoms with van der Waals surface area (Å²) in [6.07, 6.45) is -1.50. The molecule has 7 nitrogen and oxygen atoms in total. The fourth-order valence-electron chi connectivity index (χ4n) is 3.47. The van der Waals surface area contributed by atoms with E-state index in [1.54, 1.807) is 0 Å². The maximum absolute atomic E-state index is 12.8. The van der Waals surface area contributed by atoms with E-state index in [9.17, 15) is 26.4 Å². The number of sulfonamides is 1. The molecule has 11 heteroatoms. The standard InChI is InChI=1S/C20H29F3N2O5S/c1-25(31(28,29)18-9-3-15(4-10-18)20(21,22)23)16-5-7-17(8-6-16)30-14-11-19(27)24-12-2-13-26/h3-4,9-10,16-17,26H,2,5-8,11-14H2,1H3,(H,24,27). The van der Waals surface area contributed by atoms with Crippen molar-refractivity contribution in [3.63, 3.8) is 0 Å². The van der Waals surface area contributed by atoms with Gasteiger partial charge in [-0.15, -0.1) is 0 Å². The molecule has 2 rings (SSSR count). The van der Waals surface area contributed by atoms with Crippen molar-refractivity contribution in [1.82, 2.24) is 9.62 Å². The summed E-state index contributed by atoms with van der Waals surface area (Å²) >= 11 is 0. The average molecular weight is 467 g/mol. The quantitative estimate of drug-likeness (QED) is 0.517. The summed E-state index contributed by atoms with van der Waals surface area (Å²) in [5, 5.41) is 11.4. The van der Waals surface area contributed by atoms with E-state index >= 15 is 0 Å². The number of nitrogens with one attached hydrogen (secondary N) is 1.